The minimum Gasteiger partial charge on any atom is -0.488 e. The molecule has 3 rings (SSSR count). The van der Waals surface area contributed by atoms with Gasteiger partial charge in [0.25, 0.3) is 5.91 Å². The molecule has 0 aliphatic heterocycles. The van der Waals surface area contributed by atoms with Gasteiger partial charge < -0.3 is 14.6 Å². The van der Waals surface area contributed by atoms with Crippen molar-refractivity contribution in [2.75, 3.05) is 5.32 Å². The molecule has 8 heteroatoms. The number of carbonyl (C=O) groups excluding carboxylic acids is 1. The summed E-state index contributed by atoms with van der Waals surface area (Å²) in [5.41, 5.74) is 1.49. The number of alkyl halides is 3. The lowest BCUT2D eigenvalue weighted by molar-refractivity contribution is -0.137. The van der Waals surface area contributed by atoms with E-state index in [2.05, 4.69) is 10.5 Å². The molecule has 3 aromatic rings. The number of halogens is 3. The molecule has 0 unspecified atom stereocenters. The lowest BCUT2D eigenvalue weighted by Crippen LogP contribution is -2.16. The molecule has 1 aromatic heterocycles. The Morgan fingerprint density at radius 2 is 1.90 bits per heavy atom. The van der Waals surface area contributed by atoms with Gasteiger partial charge >= 0.3 is 6.18 Å². The summed E-state index contributed by atoms with van der Waals surface area (Å²) in [6.45, 7) is 5.50. The van der Waals surface area contributed by atoms with Gasteiger partial charge in [-0.25, -0.2) is 0 Å². The summed E-state index contributed by atoms with van der Waals surface area (Å²) >= 11 is 0. The molecule has 1 heterocycles. The summed E-state index contributed by atoms with van der Waals surface area (Å²) in [5, 5.41) is 6.17. The third-order valence-corrected chi connectivity index (χ3v) is 4.36. The molecule has 1 amide bonds. The first-order valence-electron chi connectivity index (χ1n) is 8.79. The van der Waals surface area contributed by atoms with E-state index in [1.165, 1.54) is 12.1 Å². The Kier molecular flexibility index (Phi) is 5.63. The number of nitrogens with zero attached hydrogens (tertiary/aromatic N) is 1. The fourth-order valence-electron chi connectivity index (χ4n) is 2.72. The fourth-order valence-corrected chi connectivity index (χ4v) is 2.72. The minimum atomic E-state index is -4.50. The van der Waals surface area contributed by atoms with E-state index in [1.807, 2.05) is 32.0 Å². The number of ether oxygens (including phenoxy) is 1. The highest BCUT2D eigenvalue weighted by molar-refractivity contribution is 6.03. The molecule has 0 saturated heterocycles. The normalized spacial score (nSPS) is 11.4. The van der Waals surface area contributed by atoms with Gasteiger partial charge in [0.2, 0.25) is 0 Å². The van der Waals surface area contributed by atoms with E-state index in [9.17, 15) is 18.0 Å². The number of rotatable bonds is 5. The first-order chi connectivity index (χ1) is 13.6. The summed E-state index contributed by atoms with van der Waals surface area (Å²) < 4.78 is 49.5. The summed E-state index contributed by atoms with van der Waals surface area (Å²) in [7, 11) is 0. The van der Waals surface area contributed by atoms with Crippen molar-refractivity contribution in [3.05, 3.63) is 76.2 Å². The van der Waals surface area contributed by atoms with Crippen molar-refractivity contribution >= 4 is 11.6 Å². The lowest BCUT2D eigenvalue weighted by Gasteiger charge is -2.11. The van der Waals surface area contributed by atoms with Gasteiger partial charge in [0.15, 0.2) is 5.69 Å². The van der Waals surface area contributed by atoms with Crippen LogP contribution in [0.3, 0.4) is 0 Å². The van der Waals surface area contributed by atoms with Crippen LogP contribution in [0.2, 0.25) is 0 Å². The smallest absolute Gasteiger partial charge is 0.416 e. The number of nitrogens with one attached hydrogen (secondary N) is 1. The van der Waals surface area contributed by atoms with Gasteiger partial charge in [-0.1, -0.05) is 23.4 Å². The predicted octanol–water partition coefficient (Wildman–Crippen LogP) is 5.45. The van der Waals surface area contributed by atoms with Crippen molar-refractivity contribution in [3.8, 4) is 5.75 Å². The molecule has 1 N–H and O–H groups in total. The largest absolute Gasteiger partial charge is 0.488 e. The van der Waals surface area contributed by atoms with Crippen LogP contribution in [-0.2, 0) is 12.8 Å². The van der Waals surface area contributed by atoms with Crippen LogP contribution in [0.25, 0.3) is 0 Å². The second kappa shape index (κ2) is 7.98. The second-order valence-corrected chi connectivity index (χ2v) is 6.66. The highest BCUT2D eigenvalue weighted by Gasteiger charge is 2.30. The van der Waals surface area contributed by atoms with Crippen LogP contribution in [0.1, 0.15) is 38.5 Å². The Hall–Kier alpha value is -3.29. The van der Waals surface area contributed by atoms with E-state index in [0.717, 1.165) is 23.3 Å². The zero-order valence-electron chi connectivity index (χ0n) is 16.1. The van der Waals surface area contributed by atoms with Gasteiger partial charge in [0.05, 0.1) is 11.1 Å². The summed E-state index contributed by atoms with van der Waals surface area (Å²) in [6, 6.07) is 10.1. The molecular formula is C21H19F3N2O3. The maximum atomic E-state index is 12.9. The highest BCUT2D eigenvalue weighted by atomic mass is 19.4. The van der Waals surface area contributed by atoms with E-state index in [0.29, 0.717) is 17.1 Å². The number of aromatic nitrogens is 1. The standard InChI is InChI=1S/C21H19F3N2O3/c1-12-7-8-13(2)18(9-12)28-11-17-14(3)29-26-19(17)20(27)25-16-6-4-5-15(10-16)21(22,23)24/h4-10H,11H2,1-3H3,(H,25,27). The Morgan fingerprint density at radius 3 is 2.62 bits per heavy atom. The van der Waals surface area contributed by atoms with E-state index in [-0.39, 0.29) is 18.0 Å². The number of anilines is 1. The molecule has 0 spiro atoms. The number of hydrogen-bond acceptors (Lipinski definition) is 4. The lowest BCUT2D eigenvalue weighted by atomic mass is 10.1. The molecule has 0 fully saturated rings. The first-order valence-corrected chi connectivity index (χ1v) is 8.79. The molecule has 0 bridgehead atoms. The first kappa shape index (κ1) is 20.4. The molecule has 2 aromatic carbocycles. The van der Waals surface area contributed by atoms with Gasteiger partial charge in [-0.2, -0.15) is 13.2 Å². The molecular weight excluding hydrogens is 385 g/mol. The molecule has 0 aliphatic carbocycles. The Bertz CT molecular complexity index is 1040. The fraction of sp³-hybridized carbons (Fsp3) is 0.238. The van der Waals surface area contributed by atoms with Crippen LogP contribution in [0.15, 0.2) is 47.0 Å². The van der Waals surface area contributed by atoms with Gasteiger partial charge in [-0.3, -0.25) is 4.79 Å². The number of amides is 1. The Morgan fingerprint density at radius 1 is 1.14 bits per heavy atom. The van der Waals surface area contributed by atoms with Crippen LogP contribution in [-0.4, -0.2) is 11.1 Å². The predicted molar refractivity (Wildman–Crippen MR) is 101 cm³/mol. The number of hydrogen-bond donors (Lipinski definition) is 1. The zero-order valence-corrected chi connectivity index (χ0v) is 16.1. The van der Waals surface area contributed by atoms with Gasteiger partial charge in [-0.15, -0.1) is 0 Å². The summed E-state index contributed by atoms with van der Waals surface area (Å²) in [6.07, 6.45) is -4.50. The van der Waals surface area contributed by atoms with Crippen molar-refractivity contribution < 1.29 is 27.2 Å². The average Bonchev–Trinajstić information content (AvgIpc) is 3.02. The van der Waals surface area contributed by atoms with Crippen LogP contribution in [0, 0.1) is 20.8 Å². The Labute approximate surface area is 165 Å². The van der Waals surface area contributed by atoms with Crippen molar-refractivity contribution in [2.45, 2.75) is 33.6 Å². The molecule has 0 aliphatic rings. The van der Waals surface area contributed by atoms with Gasteiger partial charge in [0, 0.05) is 5.69 Å². The van der Waals surface area contributed by atoms with Crippen LogP contribution in [0.4, 0.5) is 18.9 Å². The van der Waals surface area contributed by atoms with E-state index >= 15 is 0 Å². The van der Waals surface area contributed by atoms with Crippen LogP contribution in [0.5, 0.6) is 5.75 Å². The second-order valence-electron chi connectivity index (χ2n) is 6.66. The molecule has 5 nitrogen and oxygen atoms in total. The van der Waals surface area contributed by atoms with Crippen molar-refractivity contribution in [1.82, 2.24) is 5.16 Å². The van der Waals surface area contributed by atoms with E-state index in [1.54, 1.807) is 6.92 Å². The average molecular weight is 404 g/mol. The Balaban J connectivity index is 1.78. The molecule has 0 radical (unpaired) electrons. The summed E-state index contributed by atoms with van der Waals surface area (Å²) in [5.74, 6) is 0.375. The third kappa shape index (κ3) is 4.77. The minimum absolute atomic E-state index is 0.00637. The van der Waals surface area contributed by atoms with E-state index < -0.39 is 17.6 Å². The molecule has 0 atom stereocenters. The monoisotopic (exact) mass is 404 g/mol. The van der Waals surface area contributed by atoms with Crippen LogP contribution < -0.4 is 10.1 Å². The van der Waals surface area contributed by atoms with Crippen molar-refractivity contribution in [1.29, 1.82) is 0 Å². The van der Waals surface area contributed by atoms with Gasteiger partial charge in [-0.05, 0) is 56.2 Å². The van der Waals surface area contributed by atoms with Crippen LogP contribution >= 0.6 is 0 Å². The van der Waals surface area contributed by atoms with E-state index in [4.69, 9.17) is 9.26 Å². The van der Waals surface area contributed by atoms with Crippen molar-refractivity contribution in [2.24, 2.45) is 0 Å². The molecule has 152 valence electrons. The van der Waals surface area contributed by atoms with Crippen molar-refractivity contribution in [3.63, 3.8) is 0 Å². The quantitative estimate of drug-likeness (QED) is 0.614. The third-order valence-electron chi connectivity index (χ3n) is 4.36. The summed E-state index contributed by atoms with van der Waals surface area (Å²) in [4.78, 5) is 12.6. The SMILES string of the molecule is Cc1ccc(C)c(OCc2c(C(=O)Nc3cccc(C(F)(F)F)c3)noc2C)c1. The molecule has 0 saturated carbocycles. The highest BCUT2D eigenvalue weighted by Crippen LogP contribution is 2.31. The maximum Gasteiger partial charge on any atom is 0.416 e. The number of benzene rings is 2. The number of carbonyl (C=O) groups is 1. The topological polar surface area (TPSA) is 64.4 Å². The maximum absolute atomic E-state index is 12.9. The molecule has 29 heavy (non-hydrogen) atoms. The number of aryl methyl sites for hydroxylation is 3. The van der Waals surface area contributed by atoms with Gasteiger partial charge in [0.1, 0.15) is 18.1 Å². The zero-order chi connectivity index (χ0) is 21.2.